The summed E-state index contributed by atoms with van der Waals surface area (Å²) >= 11 is 0. The number of carbonyl (C=O) groups is 3. The van der Waals surface area contributed by atoms with Crippen molar-refractivity contribution < 1.29 is 19.1 Å². The van der Waals surface area contributed by atoms with Gasteiger partial charge in [0.2, 0.25) is 11.8 Å². The number of carbonyl (C=O) groups excluding carboxylic acids is 3. The fraction of sp³-hybridized carbons (Fsp3) is 0.786. The first-order valence-corrected chi connectivity index (χ1v) is 7.45. The van der Waals surface area contributed by atoms with Gasteiger partial charge >= 0.3 is 6.09 Å². The van der Waals surface area contributed by atoms with Crippen LogP contribution in [0.5, 0.6) is 0 Å². The summed E-state index contributed by atoms with van der Waals surface area (Å²) in [5.74, 6) is -0.666. The van der Waals surface area contributed by atoms with Crippen molar-refractivity contribution in [1.82, 2.24) is 16.0 Å². The molecule has 0 unspecified atom stereocenters. The average Bonchev–Trinajstić information content (AvgIpc) is 2.36. The predicted molar refractivity (Wildman–Crippen MR) is 83.2 cm³/mol. The SMILES string of the molecule is CC(C)(C)OC(=O)NCCCNC(=O)CC(=O)NCCCN. The maximum absolute atomic E-state index is 11.5. The van der Waals surface area contributed by atoms with E-state index in [9.17, 15) is 14.4 Å². The lowest BCUT2D eigenvalue weighted by molar-refractivity contribution is -0.129. The highest BCUT2D eigenvalue weighted by atomic mass is 16.6. The second kappa shape index (κ2) is 10.8. The van der Waals surface area contributed by atoms with Crippen molar-refractivity contribution in [2.45, 2.75) is 45.6 Å². The lowest BCUT2D eigenvalue weighted by Gasteiger charge is -2.19. The van der Waals surface area contributed by atoms with Crippen LogP contribution in [0.15, 0.2) is 0 Å². The highest BCUT2D eigenvalue weighted by molar-refractivity contribution is 5.96. The maximum Gasteiger partial charge on any atom is 0.407 e. The van der Waals surface area contributed by atoms with Gasteiger partial charge in [0, 0.05) is 19.6 Å². The van der Waals surface area contributed by atoms with E-state index in [1.165, 1.54) is 0 Å². The molecule has 3 amide bonds. The molecule has 0 aliphatic carbocycles. The van der Waals surface area contributed by atoms with E-state index in [2.05, 4.69) is 16.0 Å². The quantitative estimate of drug-likeness (QED) is 0.349. The number of hydrogen-bond donors (Lipinski definition) is 4. The number of alkyl carbamates (subject to hydrolysis) is 1. The van der Waals surface area contributed by atoms with Crippen molar-refractivity contribution in [1.29, 1.82) is 0 Å². The van der Waals surface area contributed by atoms with E-state index in [0.29, 0.717) is 39.0 Å². The van der Waals surface area contributed by atoms with Crippen LogP contribution in [-0.2, 0) is 14.3 Å². The zero-order valence-corrected chi connectivity index (χ0v) is 13.7. The van der Waals surface area contributed by atoms with E-state index in [1.807, 2.05) is 0 Å². The molecule has 0 rings (SSSR count). The molecule has 8 heteroatoms. The molecule has 0 aliphatic heterocycles. The molecule has 0 aromatic rings. The fourth-order valence-electron chi connectivity index (χ4n) is 1.42. The Bertz CT molecular complexity index is 366. The molecule has 0 aliphatic rings. The van der Waals surface area contributed by atoms with Gasteiger partial charge in [-0.2, -0.15) is 0 Å². The second-order valence-corrected chi connectivity index (χ2v) is 5.80. The third kappa shape index (κ3) is 13.2. The molecule has 0 saturated carbocycles. The monoisotopic (exact) mass is 316 g/mol. The largest absolute Gasteiger partial charge is 0.444 e. The minimum Gasteiger partial charge on any atom is -0.444 e. The molecule has 0 aromatic heterocycles. The van der Waals surface area contributed by atoms with Crippen LogP contribution in [-0.4, -0.2) is 49.7 Å². The summed E-state index contributed by atoms with van der Waals surface area (Å²) in [7, 11) is 0. The van der Waals surface area contributed by atoms with E-state index in [-0.39, 0.29) is 18.2 Å². The van der Waals surface area contributed by atoms with Crippen LogP contribution in [0, 0.1) is 0 Å². The van der Waals surface area contributed by atoms with Gasteiger partial charge in [-0.25, -0.2) is 4.79 Å². The summed E-state index contributed by atoms with van der Waals surface area (Å²) in [5, 5.41) is 7.79. The molecule has 8 nitrogen and oxygen atoms in total. The molecule has 22 heavy (non-hydrogen) atoms. The van der Waals surface area contributed by atoms with Crippen LogP contribution in [0.1, 0.15) is 40.0 Å². The van der Waals surface area contributed by atoms with Crippen molar-refractivity contribution in [3.63, 3.8) is 0 Å². The number of hydrogen-bond acceptors (Lipinski definition) is 5. The van der Waals surface area contributed by atoms with Gasteiger partial charge in [0.1, 0.15) is 12.0 Å². The minimum absolute atomic E-state index is 0.204. The zero-order chi connectivity index (χ0) is 17.0. The van der Waals surface area contributed by atoms with E-state index < -0.39 is 11.7 Å². The summed E-state index contributed by atoms with van der Waals surface area (Å²) in [5.41, 5.74) is 4.76. The van der Waals surface area contributed by atoms with Crippen molar-refractivity contribution >= 4 is 17.9 Å². The van der Waals surface area contributed by atoms with Crippen LogP contribution in [0.2, 0.25) is 0 Å². The standard InChI is InChI=1S/C14H28N4O4/c1-14(2,3)22-13(21)18-9-5-8-17-12(20)10-11(19)16-7-4-6-15/h4-10,15H2,1-3H3,(H,16,19)(H,17,20)(H,18,21). The number of amides is 3. The number of nitrogens with one attached hydrogen (secondary N) is 3. The predicted octanol–water partition coefficient (Wildman–Crippen LogP) is -0.127. The van der Waals surface area contributed by atoms with Gasteiger partial charge in [-0.05, 0) is 40.2 Å². The van der Waals surface area contributed by atoms with Crippen molar-refractivity contribution in [3.05, 3.63) is 0 Å². The third-order valence-corrected chi connectivity index (χ3v) is 2.37. The highest BCUT2D eigenvalue weighted by Crippen LogP contribution is 2.06. The van der Waals surface area contributed by atoms with Gasteiger partial charge in [-0.15, -0.1) is 0 Å². The summed E-state index contributed by atoms with van der Waals surface area (Å²) < 4.78 is 5.07. The van der Waals surface area contributed by atoms with Gasteiger partial charge in [0.25, 0.3) is 0 Å². The Kier molecular flexibility index (Phi) is 9.93. The van der Waals surface area contributed by atoms with E-state index in [4.69, 9.17) is 10.5 Å². The summed E-state index contributed by atoms with van der Waals surface area (Å²) in [6.45, 7) is 7.09. The molecule has 0 heterocycles. The molecule has 0 spiro atoms. The lowest BCUT2D eigenvalue weighted by Crippen LogP contribution is -2.36. The average molecular weight is 316 g/mol. The Labute approximate surface area is 131 Å². The van der Waals surface area contributed by atoms with Crippen LogP contribution < -0.4 is 21.7 Å². The molecule has 0 bridgehead atoms. The first kappa shape index (κ1) is 20.2. The van der Waals surface area contributed by atoms with Crippen molar-refractivity contribution in [3.8, 4) is 0 Å². The van der Waals surface area contributed by atoms with Gasteiger partial charge in [-0.3, -0.25) is 9.59 Å². The first-order chi connectivity index (χ1) is 10.2. The summed E-state index contributed by atoms with van der Waals surface area (Å²) in [6.07, 6.45) is 0.547. The molecular weight excluding hydrogens is 288 g/mol. The smallest absolute Gasteiger partial charge is 0.407 e. The molecular formula is C14H28N4O4. The Hall–Kier alpha value is -1.83. The first-order valence-electron chi connectivity index (χ1n) is 7.45. The topological polar surface area (TPSA) is 123 Å². The minimum atomic E-state index is -0.532. The summed E-state index contributed by atoms with van der Waals surface area (Å²) in [6, 6.07) is 0. The van der Waals surface area contributed by atoms with Crippen molar-refractivity contribution in [2.75, 3.05) is 26.2 Å². The second-order valence-electron chi connectivity index (χ2n) is 5.80. The maximum atomic E-state index is 11.5. The van der Waals surface area contributed by atoms with Crippen LogP contribution in [0.25, 0.3) is 0 Å². The van der Waals surface area contributed by atoms with Gasteiger partial charge < -0.3 is 26.4 Å². The fourth-order valence-corrected chi connectivity index (χ4v) is 1.42. The Morgan fingerprint density at radius 1 is 0.909 bits per heavy atom. The highest BCUT2D eigenvalue weighted by Gasteiger charge is 2.15. The molecule has 0 saturated heterocycles. The molecule has 0 aromatic carbocycles. The van der Waals surface area contributed by atoms with E-state index in [0.717, 1.165) is 0 Å². The van der Waals surface area contributed by atoms with E-state index in [1.54, 1.807) is 20.8 Å². The number of nitrogens with two attached hydrogens (primary N) is 1. The normalized spacial score (nSPS) is 10.7. The Morgan fingerprint density at radius 2 is 1.41 bits per heavy atom. The number of ether oxygens (including phenoxy) is 1. The lowest BCUT2D eigenvalue weighted by atomic mass is 10.2. The molecule has 5 N–H and O–H groups in total. The van der Waals surface area contributed by atoms with Gasteiger partial charge in [0.05, 0.1) is 0 Å². The Balaban J connectivity index is 3.60. The summed E-state index contributed by atoms with van der Waals surface area (Å²) in [4.78, 5) is 34.2. The molecule has 0 radical (unpaired) electrons. The molecule has 0 atom stereocenters. The molecule has 128 valence electrons. The molecule has 0 fully saturated rings. The van der Waals surface area contributed by atoms with Crippen LogP contribution in [0.3, 0.4) is 0 Å². The van der Waals surface area contributed by atoms with Gasteiger partial charge in [0.15, 0.2) is 0 Å². The number of rotatable bonds is 9. The third-order valence-electron chi connectivity index (χ3n) is 2.37. The van der Waals surface area contributed by atoms with Gasteiger partial charge in [-0.1, -0.05) is 0 Å². The van der Waals surface area contributed by atoms with E-state index >= 15 is 0 Å². The van der Waals surface area contributed by atoms with Crippen LogP contribution >= 0.6 is 0 Å². The zero-order valence-electron chi connectivity index (χ0n) is 13.7. The Morgan fingerprint density at radius 3 is 1.91 bits per heavy atom. The van der Waals surface area contributed by atoms with Crippen LogP contribution in [0.4, 0.5) is 4.79 Å². The van der Waals surface area contributed by atoms with Crippen molar-refractivity contribution in [2.24, 2.45) is 5.73 Å².